The smallest absolute Gasteiger partial charge is 0.0943 e. The minimum Gasteiger partial charge on any atom is -0.390 e. The van der Waals surface area contributed by atoms with Gasteiger partial charge >= 0.3 is 0 Å². The number of aliphatic hydroxyl groups excluding tert-OH is 1. The summed E-state index contributed by atoms with van der Waals surface area (Å²) in [4.78, 5) is 0. The summed E-state index contributed by atoms with van der Waals surface area (Å²) in [7, 11) is 0. The zero-order valence-corrected chi connectivity index (χ0v) is 11.7. The summed E-state index contributed by atoms with van der Waals surface area (Å²) < 4.78 is 5.93. The molecule has 1 unspecified atom stereocenters. The normalized spacial score (nSPS) is 31.2. The number of aliphatic hydroxyl groups is 1. The molecule has 0 saturated heterocycles. The molecular weight excluding hydrogens is 212 g/mol. The maximum absolute atomic E-state index is 10.5. The molecule has 0 radical (unpaired) electrons. The molecule has 1 fully saturated rings. The van der Waals surface area contributed by atoms with E-state index in [4.69, 9.17) is 4.74 Å². The lowest BCUT2D eigenvalue weighted by Gasteiger charge is -2.42. The summed E-state index contributed by atoms with van der Waals surface area (Å²) >= 11 is 0. The first-order valence-electron chi connectivity index (χ1n) is 7.02. The van der Waals surface area contributed by atoms with Crippen molar-refractivity contribution in [1.82, 2.24) is 0 Å². The van der Waals surface area contributed by atoms with Gasteiger partial charge in [0.25, 0.3) is 0 Å². The van der Waals surface area contributed by atoms with Gasteiger partial charge in [0.1, 0.15) is 0 Å². The van der Waals surface area contributed by atoms with Gasteiger partial charge in [-0.1, -0.05) is 26.0 Å². The molecule has 0 heterocycles. The third kappa shape index (κ3) is 3.82. The maximum atomic E-state index is 10.5. The minimum atomic E-state index is -0.387. The van der Waals surface area contributed by atoms with Crippen LogP contribution >= 0.6 is 0 Å². The van der Waals surface area contributed by atoms with Crippen LogP contribution in [0.3, 0.4) is 0 Å². The van der Waals surface area contributed by atoms with Crippen LogP contribution in [0.15, 0.2) is 12.2 Å². The Bertz CT molecular complexity index is 239. The average Bonchev–Trinajstić information content (AvgIpc) is 2.32. The topological polar surface area (TPSA) is 29.5 Å². The van der Waals surface area contributed by atoms with Gasteiger partial charge in [-0.05, 0) is 51.4 Å². The highest BCUT2D eigenvalue weighted by molar-refractivity contribution is 5.02. The van der Waals surface area contributed by atoms with Crippen LogP contribution in [0.2, 0.25) is 0 Å². The van der Waals surface area contributed by atoms with Crippen molar-refractivity contribution in [3.63, 3.8) is 0 Å². The van der Waals surface area contributed by atoms with Gasteiger partial charge in [0, 0.05) is 6.61 Å². The van der Waals surface area contributed by atoms with Crippen LogP contribution in [0.25, 0.3) is 0 Å². The highest BCUT2D eigenvalue weighted by atomic mass is 16.5. The Morgan fingerprint density at radius 2 is 2.00 bits per heavy atom. The van der Waals surface area contributed by atoms with E-state index >= 15 is 0 Å². The molecule has 0 aromatic rings. The third-order valence-electron chi connectivity index (χ3n) is 4.14. The van der Waals surface area contributed by atoms with Gasteiger partial charge < -0.3 is 9.84 Å². The van der Waals surface area contributed by atoms with Gasteiger partial charge in [0.05, 0.1) is 11.7 Å². The predicted molar refractivity (Wildman–Crippen MR) is 72.0 cm³/mol. The van der Waals surface area contributed by atoms with E-state index in [0.29, 0.717) is 13.0 Å². The maximum Gasteiger partial charge on any atom is 0.0943 e. The Balaban J connectivity index is 2.66. The second kappa shape index (κ2) is 6.55. The van der Waals surface area contributed by atoms with E-state index in [1.54, 1.807) is 0 Å². The van der Waals surface area contributed by atoms with Gasteiger partial charge in [0.2, 0.25) is 0 Å². The molecule has 17 heavy (non-hydrogen) atoms. The lowest BCUT2D eigenvalue weighted by Crippen LogP contribution is -2.47. The highest BCUT2D eigenvalue weighted by Crippen LogP contribution is 2.39. The largest absolute Gasteiger partial charge is 0.390 e. The highest BCUT2D eigenvalue weighted by Gasteiger charge is 2.41. The molecule has 1 N–H and O–H groups in total. The second-order valence-corrected chi connectivity index (χ2v) is 5.50. The molecule has 100 valence electrons. The number of ether oxygens (including phenoxy) is 1. The zero-order valence-electron chi connectivity index (χ0n) is 11.7. The van der Waals surface area contributed by atoms with E-state index in [9.17, 15) is 5.11 Å². The Morgan fingerprint density at radius 3 is 2.47 bits per heavy atom. The predicted octanol–water partition coefficient (Wildman–Crippen LogP) is 3.69. The van der Waals surface area contributed by atoms with E-state index in [-0.39, 0.29) is 11.7 Å². The monoisotopic (exact) mass is 240 g/mol. The first kappa shape index (κ1) is 14.7. The molecule has 0 spiro atoms. The fraction of sp³-hybridized carbons (Fsp3) is 0.867. The SMILES string of the molecule is C=C(CC)CC(O)C1(OCC)CCC(C)CC1. The molecule has 2 nitrogen and oxygen atoms in total. The van der Waals surface area contributed by atoms with Crippen molar-refractivity contribution in [3.8, 4) is 0 Å². The van der Waals surface area contributed by atoms with E-state index in [0.717, 1.165) is 43.6 Å². The Morgan fingerprint density at radius 1 is 1.41 bits per heavy atom. The van der Waals surface area contributed by atoms with E-state index < -0.39 is 0 Å². The molecule has 0 aliphatic heterocycles. The lowest BCUT2D eigenvalue weighted by molar-refractivity contribution is -0.143. The Labute approximate surface area is 106 Å². The van der Waals surface area contributed by atoms with Crippen molar-refractivity contribution in [3.05, 3.63) is 12.2 Å². The number of hydrogen-bond donors (Lipinski definition) is 1. The van der Waals surface area contributed by atoms with Crippen molar-refractivity contribution < 1.29 is 9.84 Å². The van der Waals surface area contributed by atoms with Crippen molar-refractivity contribution in [2.24, 2.45) is 5.92 Å². The molecular formula is C15H28O2. The molecule has 0 aromatic carbocycles. The fourth-order valence-corrected chi connectivity index (χ4v) is 2.72. The van der Waals surface area contributed by atoms with Crippen molar-refractivity contribution in [1.29, 1.82) is 0 Å². The van der Waals surface area contributed by atoms with Crippen LogP contribution in [0, 0.1) is 5.92 Å². The second-order valence-electron chi connectivity index (χ2n) is 5.50. The Kier molecular flexibility index (Phi) is 5.68. The van der Waals surface area contributed by atoms with Crippen molar-refractivity contribution in [2.75, 3.05) is 6.61 Å². The zero-order chi connectivity index (χ0) is 12.9. The molecule has 1 atom stereocenters. The standard InChI is InChI=1S/C15H28O2/c1-5-12(3)11-14(16)15(17-6-2)9-7-13(4)8-10-15/h13-14,16H,3,5-11H2,1-2,4H3. The van der Waals surface area contributed by atoms with Crippen LogP contribution in [0.5, 0.6) is 0 Å². The summed E-state index contributed by atoms with van der Waals surface area (Å²) in [6.07, 6.45) is 5.54. The van der Waals surface area contributed by atoms with Crippen LogP contribution in [-0.2, 0) is 4.74 Å². The van der Waals surface area contributed by atoms with Crippen LogP contribution < -0.4 is 0 Å². The summed E-state index contributed by atoms with van der Waals surface area (Å²) in [5, 5.41) is 10.5. The molecule has 2 heteroatoms. The molecule has 1 saturated carbocycles. The first-order chi connectivity index (χ1) is 8.04. The third-order valence-corrected chi connectivity index (χ3v) is 4.14. The van der Waals surface area contributed by atoms with Gasteiger partial charge in [-0.2, -0.15) is 0 Å². The van der Waals surface area contributed by atoms with Gasteiger partial charge in [0.15, 0.2) is 0 Å². The minimum absolute atomic E-state index is 0.306. The molecule has 0 amide bonds. The fourth-order valence-electron chi connectivity index (χ4n) is 2.72. The summed E-state index contributed by atoms with van der Waals surface area (Å²) in [6, 6.07) is 0. The average molecular weight is 240 g/mol. The van der Waals surface area contributed by atoms with Gasteiger partial charge in [-0.25, -0.2) is 0 Å². The molecule has 0 bridgehead atoms. The van der Waals surface area contributed by atoms with Gasteiger partial charge in [-0.3, -0.25) is 0 Å². The van der Waals surface area contributed by atoms with E-state index in [1.807, 2.05) is 6.92 Å². The van der Waals surface area contributed by atoms with Gasteiger partial charge in [-0.15, -0.1) is 0 Å². The van der Waals surface area contributed by atoms with E-state index in [2.05, 4.69) is 20.4 Å². The number of rotatable bonds is 6. The number of hydrogen-bond acceptors (Lipinski definition) is 2. The van der Waals surface area contributed by atoms with Crippen molar-refractivity contribution >= 4 is 0 Å². The summed E-state index contributed by atoms with van der Waals surface area (Å²) in [5.41, 5.74) is 0.814. The van der Waals surface area contributed by atoms with Crippen LogP contribution in [-0.4, -0.2) is 23.4 Å². The van der Waals surface area contributed by atoms with Crippen LogP contribution in [0.1, 0.15) is 59.3 Å². The van der Waals surface area contributed by atoms with E-state index in [1.165, 1.54) is 0 Å². The van der Waals surface area contributed by atoms with Crippen molar-refractivity contribution in [2.45, 2.75) is 71.0 Å². The molecule has 1 rings (SSSR count). The molecule has 1 aliphatic carbocycles. The molecule has 1 aliphatic rings. The summed E-state index contributed by atoms with van der Waals surface area (Å²) in [5.74, 6) is 0.769. The first-order valence-corrected chi connectivity index (χ1v) is 7.02. The molecule has 0 aromatic heterocycles. The Hall–Kier alpha value is -0.340. The quantitative estimate of drug-likeness (QED) is 0.717. The lowest BCUT2D eigenvalue weighted by atomic mass is 9.75. The summed E-state index contributed by atoms with van der Waals surface area (Å²) in [6.45, 7) is 11.1. The van der Waals surface area contributed by atoms with Crippen LogP contribution in [0.4, 0.5) is 0 Å².